The molecule has 4 amide bonds. The largest absolute Gasteiger partial charge is 0.353 e. The highest BCUT2D eigenvalue weighted by atomic mass is 32.1. The van der Waals surface area contributed by atoms with Crippen LogP contribution >= 0.6 is 11.3 Å². The summed E-state index contributed by atoms with van der Waals surface area (Å²) in [4.78, 5) is 55.1. The molecular weight excluding hydrogens is 480 g/mol. The van der Waals surface area contributed by atoms with Crippen molar-refractivity contribution in [2.45, 2.75) is 46.7 Å². The van der Waals surface area contributed by atoms with Crippen molar-refractivity contribution < 1.29 is 19.2 Å². The third kappa shape index (κ3) is 5.73. The van der Waals surface area contributed by atoms with Gasteiger partial charge in [-0.25, -0.2) is 9.99 Å². The van der Waals surface area contributed by atoms with E-state index >= 15 is 0 Å². The van der Waals surface area contributed by atoms with Crippen molar-refractivity contribution in [3.8, 4) is 0 Å². The van der Waals surface area contributed by atoms with Gasteiger partial charge in [-0.3, -0.25) is 24.2 Å². The Morgan fingerprint density at radius 1 is 1.17 bits per heavy atom. The second kappa shape index (κ2) is 12.1. The second-order valence-corrected chi connectivity index (χ2v) is 9.47. The number of nitrogens with one attached hydrogen (secondary N) is 3. The van der Waals surface area contributed by atoms with Gasteiger partial charge in [-0.2, -0.15) is 0 Å². The van der Waals surface area contributed by atoms with E-state index in [1.807, 2.05) is 43.1 Å². The van der Waals surface area contributed by atoms with Gasteiger partial charge in [0, 0.05) is 33.2 Å². The van der Waals surface area contributed by atoms with Crippen molar-refractivity contribution in [2.75, 3.05) is 26.7 Å². The normalized spacial score (nSPS) is 17.6. The lowest BCUT2D eigenvalue weighted by Crippen LogP contribution is -2.47. The van der Waals surface area contributed by atoms with Crippen LogP contribution in [-0.4, -0.2) is 65.3 Å². The lowest BCUT2D eigenvalue weighted by molar-refractivity contribution is -0.148. The van der Waals surface area contributed by atoms with Gasteiger partial charge in [0.2, 0.25) is 5.91 Å². The van der Waals surface area contributed by atoms with Crippen LogP contribution in [0.5, 0.6) is 0 Å². The molecule has 0 saturated carbocycles. The molecule has 194 valence electrons. The Balaban J connectivity index is 0.00000176. The summed E-state index contributed by atoms with van der Waals surface area (Å²) >= 11 is 1.00. The smallest absolute Gasteiger partial charge is 0.280 e. The summed E-state index contributed by atoms with van der Waals surface area (Å²) in [6.07, 6.45) is 0.898. The number of aryl methyl sites for hydroxylation is 1. The zero-order chi connectivity index (χ0) is 26.4. The van der Waals surface area contributed by atoms with Gasteiger partial charge in [-0.1, -0.05) is 45.0 Å². The first-order chi connectivity index (χ1) is 17.3. The molecule has 0 aliphatic carbocycles. The van der Waals surface area contributed by atoms with Gasteiger partial charge in [0.05, 0.1) is 11.6 Å². The maximum absolute atomic E-state index is 13.3. The molecule has 1 fully saturated rings. The lowest BCUT2D eigenvalue weighted by Gasteiger charge is -2.28. The van der Waals surface area contributed by atoms with E-state index in [0.29, 0.717) is 23.7 Å². The highest BCUT2D eigenvalue weighted by Crippen LogP contribution is 2.29. The van der Waals surface area contributed by atoms with Crippen molar-refractivity contribution in [1.82, 2.24) is 31.0 Å². The summed E-state index contributed by atoms with van der Waals surface area (Å²) in [7, 11) is 1.50. The number of benzene rings is 1. The molecule has 2 atom stereocenters. The number of fused-ring (bicyclic) bond motifs is 2. The van der Waals surface area contributed by atoms with Gasteiger partial charge in [-0.05, 0) is 24.5 Å². The molecule has 1 saturated heterocycles. The van der Waals surface area contributed by atoms with E-state index in [1.165, 1.54) is 7.05 Å². The Hall–Kier alpha value is -3.31. The van der Waals surface area contributed by atoms with Crippen molar-refractivity contribution in [3.05, 3.63) is 51.0 Å². The molecule has 3 N–H and O–H groups in total. The molecule has 0 spiro atoms. The number of nitrogens with zero attached hydrogens (tertiary/aromatic N) is 3. The number of hydrogen-bond donors (Lipinski definition) is 3. The van der Waals surface area contributed by atoms with Crippen LogP contribution in [0.1, 0.15) is 69.5 Å². The fraction of sp³-hybridized carbons (Fsp3) is 0.480. The van der Waals surface area contributed by atoms with E-state index in [9.17, 15) is 19.2 Å². The predicted octanol–water partition coefficient (Wildman–Crippen LogP) is 2.02. The highest BCUT2D eigenvalue weighted by Gasteiger charge is 2.38. The summed E-state index contributed by atoms with van der Waals surface area (Å²) in [5.41, 5.74) is 2.27. The predicted molar refractivity (Wildman–Crippen MR) is 137 cm³/mol. The third-order valence-electron chi connectivity index (χ3n) is 6.07. The monoisotopic (exact) mass is 514 g/mol. The first-order valence-corrected chi connectivity index (χ1v) is 13.0. The molecule has 2 aromatic rings. The van der Waals surface area contributed by atoms with Crippen molar-refractivity contribution in [2.24, 2.45) is 5.92 Å². The summed E-state index contributed by atoms with van der Waals surface area (Å²) in [5, 5.41) is 12.1. The molecule has 0 bridgehead atoms. The molecule has 2 aliphatic rings. The molecule has 11 heteroatoms. The molecule has 36 heavy (non-hydrogen) atoms. The van der Waals surface area contributed by atoms with Crippen LogP contribution in [0.25, 0.3) is 0 Å². The van der Waals surface area contributed by atoms with E-state index in [0.717, 1.165) is 35.4 Å². The van der Waals surface area contributed by atoms with E-state index in [4.69, 9.17) is 0 Å². The van der Waals surface area contributed by atoms with Crippen LogP contribution in [0.4, 0.5) is 0 Å². The summed E-state index contributed by atoms with van der Waals surface area (Å²) in [5.74, 6) is -1.80. The lowest BCUT2D eigenvalue weighted by atomic mass is 9.99. The zero-order valence-electron chi connectivity index (χ0n) is 21.4. The molecule has 10 nitrogen and oxygen atoms in total. The minimum atomic E-state index is -0.774. The van der Waals surface area contributed by atoms with E-state index in [2.05, 4.69) is 20.9 Å². The maximum Gasteiger partial charge on any atom is 0.280 e. The molecule has 1 unspecified atom stereocenters. The number of carbonyl (C=O) groups excluding carboxylic acids is 4. The average Bonchev–Trinajstić information content (AvgIpc) is 3.50. The number of rotatable bonds is 6. The van der Waals surface area contributed by atoms with Gasteiger partial charge >= 0.3 is 0 Å². The second-order valence-electron chi connectivity index (χ2n) is 8.47. The summed E-state index contributed by atoms with van der Waals surface area (Å²) < 4.78 is 0. The van der Waals surface area contributed by atoms with Crippen LogP contribution in [-0.2, 0) is 16.1 Å². The van der Waals surface area contributed by atoms with Crippen molar-refractivity contribution in [3.63, 3.8) is 0 Å². The third-order valence-corrected chi connectivity index (χ3v) is 7.23. The molecule has 4 rings (SSSR count). The van der Waals surface area contributed by atoms with Crippen molar-refractivity contribution >= 4 is 35.0 Å². The molecule has 0 radical (unpaired) electrons. The molecule has 1 aromatic carbocycles. The highest BCUT2D eigenvalue weighted by molar-refractivity contribution is 7.15. The number of thiazole rings is 1. The van der Waals surface area contributed by atoms with Crippen LogP contribution in [0.15, 0.2) is 24.3 Å². The van der Waals surface area contributed by atoms with Crippen molar-refractivity contribution in [1.29, 1.82) is 0 Å². The van der Waals surface area contributed by atoms with Gasteiger partial charge < -0.3 is 16.0 Å². The Kier molecular flexibility index (Phi) is 9.16. The fourth-order valence-corrected chi connectivity index (χ4v) is 5.10. The SMILES string of the molecule is CC.CNC(=O)c1nc(C)c(C(=O)NC[C@@H](C)C(=O)NC2C(=O)N3CCCN3Cc3ccccc32)s1. The van der Waals surface area contributed by atoms with Gasteiger partial charge in [0.25, 0.3) is 17.7 Å². The molecule has 3 heterocycles. The number of amides is 4. The quantitative estimate of drug-likeness (QED) is 0.542. The van der Waals surface area contributed by atoms with E-state index < -0.39 is 17.9 Å². The minimum Gasteiger partial charge on any atom is -0.353 e. The van der Waals surface area contributed by atoms with Crippen LogP contribution in [0.3, 0.4) is 0 Å². The molecule has 1 aromatic heterocycles. The van der Waals surface area contributed by atoms with Gasteiger partial charge in [-0.15, -0.1) is 11.3 Å². The van der Waals surface area contributed by atoms with Crippen LogP contribution in [0, 0.1) is 12.8 Å². The maximum atomic E-state index is 13.3. The van der Waals surface area contributed by atoms with Gasteiger partial charge in [0.1, 0.15) is 10.9 Å². The minimum absolute atomic E-state index is 0.0791. The number of carbonyl (C=O) groups is 4. The summed E-state index contributed by atoms with van der Waals surface area (Å²) in [6.45, 7) is 9.51. The number of aromatic nitrogens is 1. The summed E-state index contributed by atoms with van der Waals surface area (Å²) in [6, 6.07) is 6.89. The Morgan fingerprint density at radius 2 is 1.89 bits per heavy atom. The first-order valence-electron chi connectivity index (χ1n) is 12.2. The first kappa shape index (κ1) is 27.3. The average molecular weight is 515 g/mol. The number of hydrazine groups is 1. The van der Waals surface area contributed by atoms with Crippen LogP contribution in [0.2, 0.25) is 0 Å². The Labute approximate surface area is 215 Å². The number of hydrogen-bond acceptors (Lipinski definition) is 7. The molecule has 2 aliphatic heterocycles. The van der Waals surface area contributed by atoms with Gasteiger partial charge in [0.15, 0.2) is 5.01 Å². The molecular formula is C25H34N6O4S. The van der Waals surface area contributed by atoms with Crippen LogP contribution < -0.4 is 16.0 Å². The standard InChI is InChI=1S/C23H28N6O4S.C2H6/c1-13(11-25-20(31)18-14(2)26-22(34-18)21(32)24-3)19(30)27-17-16-8-5-4-7-15(16)12-28-9-6-10-29(28)23(17)33;1-2/h4-5,7-8,13,17H,6,9-12H2,1-3H3,(H,24,32)(H,25,31)(H,27,30);1-2H3/t13-,17?;/m1./s1. The Bertz CT molecular complexity index is 1130. The zero-order valence-corrected chi connectivity index (χ0v) is 22.2. The fourth-order valence-electron chi connectivity index (χ4n) is 4.17. The van der Waals surface area contributed by atoms with E-state index in [1.54, 1.807) is 18.9 Å². The Morgan fingerprint density at radius 3 is 2.61 bits per heavy atom. The topological polar surface area (TPSA) is 124 Å². The van der Waals surface area contributed by atoms with E-state index in [-0.39, 0.29) is 29.3 Å².